The van der Waals surface area contributed by atoms with Gasteiger partial charge < -0.3 is 25.8 Å². The van der Waals surface area contributed by atoms with Gasteiger partial charge in [0.25, 0.3) is 5.91 Å². The number of piperidine rings is 1. The third-order valence-electron chi connectivity index (χ3n) is 5.35. The summed E-state index contributed by atoms with van der Waals surface area (Å²) in [6.07, 6.45) is 4.65. The third-order valence-corrected chi connectivity index (χ3v) is 5.35. The number of carbonyl (C=O) groups excluding carboxylic acids is 1. The first-order valence-electron chi connectivity index (χ1n) is 10.7. The van der Waals surface area contributed by atoms with E-state index in [1.54, 1.807) is 18.3 Å². The monoisotopic (exact) mass is 436 g/mol. The van der Waals surface area contributed by atoms with Crippen LogP contribution in [0.5, 0.6) is 11.5 Å². The summed E-state index contributed by atoms with van der Waals surface area (Å²) in [4.78, 5) is 16.4. The fourth-order valence-electron chi connectivity index (χ4n) is 3.62. The molecule has 7 heteroatoms. The maximum atomic E-state index is 12.3. The minimum Gasteiger partial charge on any atom is -0.494 e. The van der Waals surface area contributed by atoms with E-state index in [2.05, 4.69) is 15.6 Å². The summed E-state index contributed by atoms with van der Waals surface area (Å²) in [6, 6.07) is 15.0. The fourth-order valence-corrected chi connectivity index (χ4v) is 3.62. The second kappa shape index (κ2) is 11.3. The van der Waals surface area contributed by atoms with Gasteiger partial charge in [-0.2, -0.15) is 0 Å². The van der Waals surface area contributed by atoms with Crippen molar-refractivity contribution in [2.75, 3.05) is 32.0 Å². The average Bonchev–Trinajstić information content (AvgIpc) is 2.80. The lowest BCUT2D eigenvalue weighted by molar-refractivity contribution is 0.0951. The summed E-state index contributed by atoms with van der Waals surface area (Å²) < 4.78 is 11.8. The van der Waals surface area contributed by atoms with Crippen molar-refractivity contribution in [3.8, 4) is 11.5 Å². The van der Waals surface area contributed by atoms with Gasteiger partial charge in [-0.25, -0.2) is 4.98 Å². The van der Waals surface area contributed by atoms with Gasteiger partial charge in [-0.1, -0.05) is 13.5 Å². The van der Waals surface area contributed by atoms with Crippen LogP contribution in [0.3, 0.4) is 0 Å². The number of nitrogens with zero attached hydrogens (tertiary/aromatic N) is 1. The highest BCUT2D eigenvalue weighted by Crippen LogP contribution is 2.24. The number of hydrogen-bond acceptors (Lipinski definition) is 6. The minimum atomic E-state index is -0.0991. The fraction of sp³-hybridized carbons (Fsp3) is 0.360. The van der Waals surface area contributed by atoms with Crippen LogP contribution in [0.2, 0.25) is 0 Å². The maximum Gasteiger partial charge on any atom is 0.251 e. The number of anilines is 1. The van der Waals surface area contributed by atoms with Gasteiger partial charge in [-0.15, -0.1) is 0 Å². The lowest BCUT2D eigenvalue weighted by atomic mass is 10.1. The third kappa shape index (κ3) is 6.11. The van der Waals surface area contributed by atoms with Crippen molar-refractivity contribution in [2.45, 2.75) is 32.8 Å². The SMILES string of the molecule is C.Nc1nccc2ccc(OCCCNC(=O)c3ccc(OC4CCNCC4)cc3)cc12. The zero-order valence-electron chi connectivity index (χ0n) is 17.5. The van der Waals surface area contributed by atoms with Crippen LogP contribution in [0.4, 0.5) is 5.82 Å². The minimum absolute atomic E-state index is 0. The molecule has 32 heavy (non-hydrogen) atoms. The molecule has 0 saturated carbocycles. The highest BCUT2D eigenvalue weighted by Gasteiger charge is 2.14. The Morgan fingerprint density at radius 1 is 1.09 bits per heavy atom. The van der Waals surface area contributed by atoms with Crippen LogP contribution in [-0.4, -0.2) is 43.2 Å². The quantitative estimate of drug-likeness (QED) is 0.465. The number of benzene rings is 2. The number of fused-ring (bicyclic) bond motifs is 1. The molecule has 1 aliphatic heterocycles. The number of amides is 1. The molecule has 0 bridgehead atoms. The van der Waals surface area contributed by atoms with E-state index >= 15 is 0 Å². The van der Waals surface area contributed by atoms with E-state index in [4.69, 9.17) is 15.2 Å². The molecule has 0 atom stereocenters. The Labute approximate surface area is 189 Å². The van der Waals surface area contributed by atoms with E-state index in [9.17, 15) is 4.79 Å². The van der Waals surface area contributed by atoms with Crippen molar-refractivity contribution < 1.29 is 14.3 Å². The second-order valence-electron chi connectivity index (χ2n) is 7.63. The van der Waals surface area contributed by atoms with Crippen LogP contribution >= 0.6 is 0 Å². The molecule has 0 radical (unpaired) electrons. The Bertz CT molecular complexity index is 1020. The van der Waals surface area contributed by atoms with Gasteiger partial charge in [0.2, 0.25) is 0 Å². The molecule has 3 aromatic rings. The van der Waals surface area contributed by atoms with Gasteiger partial charge in [0, 0.05) is 23.7 Å². The molecule has 0 aliphatic carbocycles. The van der Waals surface area contributed by atoms with E-state index in [-0.39, 0.29) is 19.4 Å². The Morgan fingerprint density at radius 3 is 2.62 bits per heavy atom. The molecule has 1 aliphatic rings. The number of aromatic nitrogens is 1. The number of nitrogens with one attached hydrogen (secondary N) is 2. The molecule has 1 saturated heterocycles. The molecule has 4 N–H and O–H groups in total. The number of carbonyl (C=O) groups is 1. The van der Waals surface area contributed by atoms with Gasteiger partial charge in [0.15, 0.2) is 0 Å². The van der Waals surface area contributed by atoms with Crippen LogP contribution in [-0.2, 0) is 0 Å². The van der Waals surface area contributed by atoms with Gasteiger partial charge in [-0.05, 0) is 80.2 Å². The molecule has 1 fully saturated rings. The number of nitrogens with two attached hydrogens (primary N) is 1. The predicted octanol–water partition coefficient (Wildman–Crippen LogP) is 3.78. The topological polar surface area (TPSA) is 98.5 Å². The van der Waals surface area contributed by atoms with E-state index in [0.717, 1.165) is 48.2 Å². The molecule has 170 valence electrons. The Balaban J connectivity index is 0.00000289. The number of pyridine rings is 1. The summed E-state index contributed by atoms with van der Waals surface area (Å²) in [6.45, 7) is 3.00. The molecular weight excluding hydrogens is 404 g/mol. The Kier molecular flexibility index (Phi) is 8.27. The standard InChI is InChI=1S/C24H28N4O3.CH4/c25-23-22-16-21(7-2-17(22)8-14-27-23)30-15-1-11-28-24(29)18-3-5-19(6-4-18)31-20-9-12-26-13-10-20;/h2-8,14,16,20,26H,1,9-13,15H2,(H2,25,27)(H,28,29);1H4. The number of hydrogen-bond donors (Lipinski definition) is 3. The second-order valence-corrected chi connectivity index (χ2v) is 7.63. The number of rotatable bonds is 8. The number of ether oxygens (including phenoxy) is 2. The van der Waals surface area contributed by atoms with Crippen molar-refractivity contribution in [2.24, 2.45) is 0 Å². The highest BCUT2D eigenvalue weighted by atomic mass is 16.5. The van der Waals surface area contributed by atoms with Crippen molar-refractivity contribution in [1.82, 2.24) is 15.6 Å². The van der Waals surface area contributed by atoms with Gasteiger partial charge in [0.05, 0.1) is 6.61 Å². The number of nitrogen functional groups attached to an aromatic ring is 1. The van der Waals surface area contributed by atoms with Gasteiger partial charge >= 0.3 is 0 Å². The van der Waals surface area contributed by atoms with Crippen LogP contribution in [0.25, 0.3) is 10.8 Å². The first-order chi connectivity index (χ1) is 15.2. The van der Waals surface area contributed by atoms with E-state index in [1.807, 2.05) is 36.4 Å². The molecular formula is C25H32N4O3. The normalized spacial score (nSPS) is 13.9. The molecule has 0 spiro atoms. The van der Waals surface area contributed by atoms with Crippen LogP contribution < -0.4 is 25.8 Å². The molecule has 1 aromatic heterocycles. The molecule has 7 nitrogen and oxygen atoms in total. The Hall–Kier alpha value is -3.32. The van der Waals surface area contributed by atoms with E-state index < -0.39 is 0 Å². The van der Waals surface area contributed by atoms with Crippen molar-refractivity contribution in [3.63, 3.8) is 0 Å². The average molecular weight is 437 g/mol. The van der Waals surface area contributed by atoms with Gasteiger partial charge in [-0.3, -0.25) is 4.79 Å². The Morgan fingerprint density at radius 2 is 1.84 bits per heavy atom. The van der Waals surface area contributed by atoms with Crippen LogP contribution in [0.1, 0.15) is 37.0 Å². The zero-order chi connectivity index (χ0) is 21.5. The first kappa shape index (κ1) is 23.3. The first-order valence-corrected chi connectivity index (χ1v) is 10.7. The van der Waals surface area contributed by atoms with Gasteiger partial charge in [0.1, 0.15) is 23.4 Å². The predicted molar refractivity (Wildman–Crippen MR) is 128 cm³/mol. The summed E-state index contributed by atoms with van der Waals surface area (Å²) in [5, 5.41) is 8.15. The lowest BCUT2D eigenvalue weighted by Gasteiger charge is -2.23. The molecule has 2 aromatic carbocycles. The van der Waals surface area contributed by atoms with E-state index in [1.165, 1.54) is 0 Å². The van der Waals surface area contributed by atoms with Crippen LogP contribution in [0, 0.1) is 0 Å². The lowest BCUT2D eigenvalue weighted by Crippen LogP contribution is -2.34. The molecule has 1 amide bonds. The van der Waals surface area contributed by atoms with E-state index in [0.29, 0.717) is 31.0 Å². The summed E-state index contributed by atoms with van der Waals surface area (Å²) in [5.74, 6) is 1.94. The van der Waals surface area contributed by atoms with Crippen molar-refractivity contribution >= 4 is 22.5 Å². The molecule has 0 unspecified atom stereocenters. The molecule has 4 rings (SSSR count). The smallest absolute Gasteiger partial charge is 0.251 e. The highest BCUT2D eigenvalue weighted by molar-refractivity contribution is 5.94. The summed E-state index contributed by atoms with van der Waals surface area (Å²) in [7, 11) is 0. The zero-order valence-corrected chi connectivity index (χ0v) is 17.5. The molecule has 2 heterocycles. The van der Waals surface area contributed by atoms with Crippen molar-refractivity contribution in [1.29, 1.82) is 0 Å². The van der Waals surface area contributed by atoms with Crippen molar-refractivity contribution in [3.05, 3.63) is 60.3 Å². The maximum absolute atomic E-state index is 12.3. The summed E-state index contributed by atoms with van der Waals surface area (Å²) in [5.41, 5.74) is 6.54. The van der Waals surface area contributed by atoms with Crippen LogP contribution in [0.15, 0.2) is 54.7 Å². The largest absolute Gasteiger partial charge is 0.494 e. The summed E-state index contributed by atoms with van der Waals surface area (Å²) >= 11 is 0.